The van der Waals surface area contributed by atoms with E-state index in [2.05, 4.69) is 0 Å². The average Bonchev–Trinajstić information content (AvgIpc) is 3.62. The van der Waals surface area contributed by atoms with E-state index in [1.165, 1.54) is 24.3 Å². The van der Waals surface area contributed by atoms with Crippen molar-refractivity contribution in [3.8, 4) is 0 Å². The summed E-state index contributed by atoms with van der Waals surface area (Å²) in [6, 6.07) is 8.98. The molecule has 0 spiro atoms. The summed E-state index contributed by atoms with van der Waals surface area (Å²) in [4.78, 5) is 9.75. The molecule has 0 aliphatic carbocycles. The number of aliphatic carboxylic acids is 1. The van der Waals surface area contributed by atoms with Crippen molar-refractivity contribution in [2.45, 2.75) is 96.1 Å². The van der Waals surface area contributed by atoms with Gasteiger partial charge in [-0.15, -0.1) is 0 Å². The number of unbranched alkanes of at least 4 members (excludes halogenated alkanes) is 2. The van der Waals surface area contributed by atoms with Crippen LogP contribution in [0.1, 0.15) is 76.8 Å². The van der Waals surface area contributed by atoms with Crippen molar-refractivity contribution in [3.05, 3.63) is 108 Å². The molecular weight excluding hydrogens is 1090 g/mol. The Hall–Kier alpha value is -5.24. The molecule has 1 unspecified atom stereocenters. The highest BCUT2D eigenvalue weighted by Crippen LogP contribution is 2.54. The van der Waals surface area contributed by atoms with E-state index in [1.807, 2.05) is 0 Å². The molecule has 402 valence electrons. The van der Waals surface area contributed by atoms with Gasteiger partial charge in [-0.1, -0.05) is 49.3 Å². The van der Waals surface area contributed by atoms with Crippen LogP contribution in [0.15, 0.2) is 116 Å². The summed E-state index contributed by atoms with van der Waals surface area (Å²) in [5, 5.41) is 9.11. The third-order valence-corrected chi connectivity index (χ3v) is 17.9. The molecule has 0 fully saturated rings. The van der Waals surface area contributed by atoms with Gasteiger partial charge in [0.25, 0.3) is 60.7 Å². The number of carboxylic acids is 1. The predicted octanol–water partition coefficient (Wildman–Crippen LogP) is 6.28. The second-order valence-corrected chi connectivity index (χ2v) is 27.2. The maximum absolute atomic E-state index is 12.7. The Bertz CT molecular complexity index is 3840. The molecule has 0 radical (unpaired) electrons. The van der Waals surface area contributed by atoms with Crippen LogP contribution in [-0.2, 0) is 76.3 Å². The Kier molecular flexibility index (Phi) is 16.5. The van der Waals surface area contributed by atoms with E-state index in [0.29, 0.717) is 58.9 Å². The number of hydrogen-bond donors (Lipinski definition) is 7. The third kappa shape index (κ3) is 12.9. The number of carboxylic acid groups (broad SMARTS) is 1. The van der Waals surface area contributed by atoms with Crippen molar-refractivity contribution in [2.24, 2.45) is 0 Å². The zero-order valence-electron chi connectivity index (χ0n) is 39.7. The Morgan fingerprint density at radius 2 is 1.09 bits per heavy atom. The summed E-state index contributed by atoms with van der Waals surface area (Å²) in [7, 11) is -29.1. The summed E-state index contributed by atoms with van der Waals surface area (Å²) < 4.78 is 209. The fourth-order valence-electron chi connectivity index (χ4n) is 9.82. The van der Waals surface area contributed by atoms with Crippen molar-refractivity contribution in [3.63, 3.8) is 0 Å². The first-order chi connectivity index (χ1) is 34.0. The van der Waals surface area contributed by atoms with Crippen LogP contribution in [0.3, 0.4) is 0 Å². The first kappa shape index (κ1) is 58.0. The first-order valence-corrected chi connectivity index (χ1v) is 31.3. The van der Waals surface area contributed by atoms with E-state index in [4.69, 9.17) is 0 Å². The van der Waals surface area contributed by atoms with E-state index in [1.54, 1.807) is 72.8 Å². The quantitative estimate of drug-likeness (QED) is 0.0197. The Balaban J connectivity index is 1.46. The second-order valence-electron chi connectivity index (χ2n) is 18.4. The summed E-state index contributed by atoms with van der Waals surface area (Å²) >= 11 is 0. The van der Waals surface area contributed by atoms with Gasteiger partial charge in [-0.25, -0.2) is 0 Å². The molecule has 2 aliphatic rings. The Labute approximate surface area is 428 Å². The van der Waals surface area contributed by atoms with Gasteiger partial charge in [0.15, 0.2) is 5.71 Å². The second kappa shape index (κ2) is 21.1. The number of nitrogens with zero attached hydrogens (tertiary/aromatic N) is 2. The largest absolute Gasteiger partial charge is 0.481 e. The molecule has 7 N–H and O–H groups in total. The lowest BCUT2D eigenvalue weighted by Gasteiger charge is -2.31. The molecule has 1 atom stereocenters. The molecule has 0 saturated heterocycles. The van der Waals surface area contributed by atoms with Gasteiger partial charge in [0.05, 0.1) is 26.7 Å². The van der Waals surface area contributed by atoms with Crippen LogP contribution in [-0.4, -0.2) is 124 Å². The number of benzene rings is 4. The van der Waals surface area contributed by atoms with Crippen LogP contribution >= 0.6 is 0 Å². The molecule has 0 amide bonds. The monoisotopic (exact) mass is 1150 g/mol. The van der Waals surface area contributed by atoms with Crippen LogP contribution in [0.2, 0.25) is 0 Å². The van der Waals surface area contributed by atoms with E-state index in [9.17, 15) is 87.7 Å². The van der Waals surface area contributed by atoms with E-state index in [-0.39, 0.29) is 66.7 Å². The normalized spacial score (nSPS) is 18.3. The highest BCUT2D eigenvalue weighted by molar-refractivity contribution is 7.87. The van der Waals surface area contributed by atoms with Gasteiger partial charge in [0.1, 0.15) is 16.3 Å². The number of fused-ring (bicyclic) bond motifs is 6. The fraction of sp³-hybridized carbons (Fsp3) is 0.348. The minimum absolute atomic E-state index is 0.00253. The summed E-state index contributed by atoms with van der Waals surface area (Å²) in [6.45, 7) is 5.12. The zero-order valence-corrected chi connectivity index (χ0v) is 44.6. The maximum Gasteiger partial charge on any atom is 0.303 e. The van der Waals surface area contributed by atoms with Crippen molar-refractivity contribution in [2.75, 3.05) is 29.5 Å². The van der Waals surface area contributed by atoms with Crippen LogP contribution < -0.4 is 4.90 Å². The molecule has 28 heteroatoms. The molecule has 2 aliphatic heterocycles. The molecule has 4 aromatic rings. The smallest absolute Gasteiger partial charge is 0.303 e. The van der Waals surface area contributed by atoms with Gasteiger partial charge < -0.3 is 10.0 Å². The number of carbonyl (C=O) groups is 1. The van der Waals surface area contributed by atoms with Crippen LogP contribution in [0, 0.1) is 0 Å². The highest BCUT2D eigenvalue weighted by Gasteiger charge is 2.47. The van der Waals surface area contributed by atoms with Gasteiger partial charge >= 0.3 is 5.97 Å². The molecule has 0 aromatic heterocycles. The first-order valence-electron chi connectivity index (χ1n) is 22.4. The SMILES string of the molecule is CC1(C)C(/C=C/C=C/C=C/C=C2\N(CCCS(=O)(=O)O)c3ccc4c(S(=O)(=O)O)cc(S(=O)(=O)O)cc4c3C2(C)CCCCCC(=O)O)=[N+](CCCS(=O)(=O)O)c2ccc3c(S(=O)(=O)O)cc(S(=O)(=O)O)cc3c21. The Morgan fingerprint density at radius 1 is 0.581 bits per heavy atom. The molecule has 6 rings (SSSR count). The number of anilines is 1. The fourth-order valence-corrected chi connectivity index (χ4v) is 13.5. The number of hydrogen-bond acceptors (Lipinski definition) is 14. The lowest BCUT2D eigenvalue weighted by molar-refractivity contribution is -0.437. The molecule has 22 nitrogen and oxygen atoms in total. The molecule has 0 bridgehead atoms. The summed E-state index contributed by atoms with van der Waals surface area (Å²) in [5.74, 6) is -2.32. The van der Waals surface area contributed by atoms with Crippen molar-refractivity contribution in [1.29, 1.82) is 0 Å². The lowest BCUT2D eigenvalue weighted by Crippen LogP contribution is -2.30. The molecule has 74 heavy (non-hydrogen) atoms. The van der Waals surface area contributed by atoms with Crippen molar-refractivity contribution < 1.29 is 92.3 Å². The molecule has 2 heterocycles. The molecule has 0 saturated carbocycles. The van der Waals surface area contributed by atoms with E-state index in [0.717, 1.165) is 12.1 Å². The molecular formula is C46H53N2O20S6+. The zero-order chi connectivity index (χ0) is 55.2. The highest BCUT2D eigenvalue weighted by atomic mass is 32.2. The maximum atomic E-state index is 12.7. The average molecular weight is 1150 g/mol. The van der Waals surface area contributed by atoms with Gasteiger partial charge in [-0.2, -0.15) is 55.1 Å². The van der Waals surface area contributed by atoms with Gasteiger partial charge in [0.2, 0.25) is 5.69 Å². The number of allylic oxidation sites excluding steroid dienone is 8. The van der Waals surface area contributed by atoms with Crippen molar-refractivity contribution in [1.82, 2.24) is 0 Å². The minimum Gasteiger partial charge on any atom is -0.481 e. The molecule has 4 aromatic carbocycles. The van der Waals surface area contributed by atoms with Crippen LogP contribution in [0.25, 0.3) is 21.5 Å². The predicted molar refractivity (Wildman–Crippen MR) is 273 cm³/mol. The minimum atomic E-state index is -5.11. The van der Waals surface area contributed by atoms with E-state index < -0.39 is 109 Å². The standard InChI is InChI=1S/C46H52N2O20S6/c1-45(2)40(47(22-12-24-69(51,52)53)36-19-17-32-34(43(36)45)26-30(71(57,58)59)28-38(32)73(63,64)65)14-8-5-4-6-9-15-41-46(3,21-11-7-10-16-42(49)50)44-35-27-31(72(60,61)62)29-39(74(66,67)68)33(35)18-20-37(44)48(41)23-13-25-70(54,55)56/h4-6,8-9,14-15,17-20,26-29H,7,10-13,16,21-25H2,1-3H3,(H6-,49,50,51,52,53,54,55,56,57,58,59,60,61,62,63,64,65,66,67,68)/p+1. The van der Waals surface area contributed by atoms with Gasteiger partial charge in [-0.05, 0) is 98.8 Å². The summed E-state index contributed by atoms with van der Waals surface area (Å²) in [5.41, 5.74) is 0.101. The van der Waals surface area contributed by atoms with Crippen LogP contribution in [0.5, 0.6) is 0 Å². The third-order valence-electron chi connectivity index (χ3n) is 12.9. The Morgan fingerprint density at radius 3 is 1.62 bits per heavy atom. The van der Waals surface area contributed by atoms with E-state index >= 15 is 0 Å². The van der Waals surface area contributed by atoms with Crippen molar-refractivity contribution >= 4 is 105 Å². The van der Waals surface area contributed by atoms with Gasteiger partial charge in [0, 0.05) is 64.7 Å². The summed E-state index contributed by atoms with van der Waals surface area (Å²) in [6.07, 6.45) is 12.2. The lowest BCUT2D eigenvalue weighted by atomic mass is 9.75. The van der Waals surface area contributed by atoms with Crippen LogP contribution in [0.4, 0.5) is 11.4 Å². The van der Waals surface area contributed by atoms with Gasteiger partial charge in [-0.3, -0.25) is 32.1 Å². The number of rotatable bonds is 22. The topological polar surface area (TPSA) is 370 Å².